The zero-order chi connectivity index (χ0) is 19.0. The van der Waals surface area contributed by atoms with Crippen molar-refractivity contribution < 1.29 is 9.53 Å². The fraction of sp³-hybridized carbons (Fsp3) is 0.389. The summed E-state index contributed by atoms with van der Waals surface area (Å²) in [5, 5.41) is 0. The van der Waals surface area contributed by atoms with Crippen LogP contribution in [0.25, 0.3) is 0 Å². The molecule has 1 aromatic heterocycles. The molecule has 140 valence electrons. The van der Waals surface area contributed by atoms with Gasteiger partial charge in [-0.25, -0.2) is 15.0 Å². The minimum atomic E-state index is -0.557. The molecule has 0 atom stereocenters. The van der Waals surface area contributed by atoms with E-state index in [4.69, 9.17) is 4.74 Å². The number of nitrogens with one attached hydrogen (secondary N) is 3. The van der Waals surface area contributed by atoms with Gasteiger partial charge in [-0.1, -0.05) is 30.3 Å². The third-order valence-electron chi connectivity index (χ3n) is 3.81. The van der Waals surface area contributed by atoms with Gasteiger partial charge in [0.25, 0.3) is 5.56 Å². The van der Waals surface area contributed by atoms with Gasteiger partial charge in [-0.05, 0) is 32.3 Å². The van der Waals surface area contributed by atoms with E-state index in [0.717, 1.165) is 5.56 Å². The zero-order valence-corrected chi connectivity index (χ0v) is 15.0. The number of hydrogen-bond acceptors (Lipinski definition) is 5. The first-order valence-electron chi connectivity index (χ1n) is 8.39. The third kappa shape index (κ3) is 6.56. The Morgan fingerprint density at radius 2 is 1.92 bits per heavy atom. The number of carbonyl (C=O) groups excluding carboxylic acids is 1. The second-order valence-electron chi connectivity index (χ2n) is 6.60. The van der Waals surface area contributed by atoms with Crippen LogP contribution in [0, 0.1) is 0 Å². The summed E-state index contributed by atoms with van der Waals surface area (Å²) in [6, 6.07) is 10.7. The Kier molecular flexibility index (Phi) is 6.74. The second-order valence-corrected chi connectivity index (χ2v) is 6.60. The minimum absolute atomic E-state index is 0.198. The predicted octanol–water partition coefficient (Wildman–Crippen LogP) is 1.53. The minimum Gasteiger partial charge on any atom is -0.444 e. The van der Waals surface area contributed by atoms with E-state index in [1.165, 1.54) is 16.8 Å². The number of hydrazine groups is 1. The van der Waals surface area contributed by atoms with Crippen molar-refractivity contribution in [1.82, 2.24) is 20.4 Å². The van der Waals surface area contributed by atoms with E-state index >= 15 is 0 Å². The van der Waals surface area contributed by atoms with Gasteiger partial charge in [0.05, 0.1) is 0 Å². The van der Waals surface area contributed by atoms with Crippen molar-refractivity contribution in [1.29, 1.82) is 0 Å². The molecule has 0 saturated carbocycles. The number of carbonyl (C=O) groups is 1. The van der Waals surface area contributed by atoms with Crippen molar-refractivity contribution in [3.8, 4) is 0 Å². The van der Waals surface area contributed by atoms with Crippen LogP contribution in [-0.2, 0) is 17.9 Å². The van der Waals surface area contributed by atoms with Gasteiger partial charge in [0.1, 0.15) is 6.61 Å². The lowest BCUT2D eigenvalue weighted by Gasteiger charge is -2.26. The molecule has 1 heterocycles. The number of rotatable bonds is 8. The van der Waals surface area contributed by atoms with Gasteiger partial charge in [0, 0.05) is 24.3 Å². The highest BCUT2D eigenvalue weighted by Crippen LogP contribution is 2.10. The average Bonchev–Trinajstić information content (AvgIpc) is 2.61. The van der Waals surface area contributed by atoms with Gasteiger partial charge in [-0.15, -0.1) is 0 Å². The van der Waals surface area contributed by atoms with Crippen molar-refractivity contribution in [2.75, 3.05) is 0 Å². The number of aromatic amines is 1. The SMILES string of the molecule is CC(C)(CCCn1ccc(=O)[nH]c1=O)NNC(=O)OCc1ccccc1. The maximum Gasteiger partial charge on any atom is 0.421 e. The molecule has 0 aliphatic heterocycles. The monoisotopic (exact) mass is 360 g/mol. The van der Waals surface area contributed by atoms with Gasteiger partial charge in [0.2, 0.25) is 0 Å². The molecule has 1 aromatic carbocycles. The van der Waals surface area contributed by atoms with Gasteiger partial charge in [-0.2, -0.15) is 0 Å². The molecule has 3 N–H and O–H groups in total. The van der Waals surface area contributed by atoms with Crippen LogP contribution in [0.5, 0.6) is 0 Å². The number of aryl methyl sites for hydroxylation is 1. The van der Waals surface area contributed by atoms with Crippen molar-refractivity contribution in [2.24, 2.45) is 0 Å². The summed E-state index contributed by atoms with van der Waals surface area (Å²) in [4.78, 5) is 36.6. The summed E-state index contributed by atoms with van der Waals surface area (Å²) in [5.41, 5.74) is 5.15. The summed E-state index contributed by atoms with van der Waals surface area (Å²) in [6.45, 7) is 4.53. The van der Waals surface area contributed by atoms with E-state index in [2.05, 4.69) is 15.8 Å². The van der Waals surface area contributed by atoms with Gasteiger partial charge in [0.15, 0.2) is 0 Å². The largest absolute Gasteiger partial charge is 0.444 e. The van der Waals surface area contributed by atoms with Gasteiger partial charge in [-0.3, -0.25) is 15.2 Å². The normalized spacial score (nSPS) is 11.2. The molecule has 2 aromatic rings. The molecule has 1 amide bonds. The molecule has 0 bridgehead atoms. The molecule has 0 radical (unpaired) electrons. The first kappa shape index (κ1) is 19.5. The summed E-state index contributed by atoms with van der Waals surface area (Å²) in [6.07, 6.45) is 2.30. The highest BCUT2D eigenvalue weighted by molar-refractivity contribution is 5.66. The maximum atomic E-state index is 11.8. The lowest BCUT2D eigenvalue weighted by molar-refractivity contribution is 0.128. The zero-order valence-electron chi connectivity index (χ0n) is 15.0. The Hall–Kier alpha value is -2.87. The number of amides is 1. The molecular formula is C18H24N4O4. The molecule has 0 spiro atoms. The number of benzene rings is 1. The van der Waals surface area contributed by atoms with Crippen LogP contribution in [-0.4, -0.2) is 21.2 Å². The van der Waals surface area contributed by atoms with Crippen LogP contribution in [0.4, 0.5) is 4.79 Å². The third-order valence-corrected chi connectivity index (χ3v) is 3.81. The van der Waals surface area contributed by atoms with Crippen LogP contribution in [0.2, 0.25) is 0 Å². The van der Waals surface area contributed by atoms with Crippen LogP contribution < -0.4 is 22.1 Å². The first-order chi connectivity index (χ1) is 12.4. The van der Waals surface area contributed by atoms with Crippen LogP contribution in [0.3, 0.4) is 0 Å². The molecule has 0 saturated heterocycles. The van der Waals surface area contributed by atoms with Crippen LogP contribution in [0.15, 0.2) is 52.2 Å². The maximum absolute atomic E-state index is 11.8. The molecule has 8 nitrogen and oxygen atoms in total. The average molecular weight is 360 g/mol. The summed E-state index contributed by atoms with van der Waals surface area (Å²) >= 11 is 0. The second kappa shape index (κ2) is 9.00. The lowest BCUT2D eigenvalue weighted by Crippen LogP contribution is -2.50. The van der Waals surface area contributed by atoms with Crippen molar-refractivity contribution in [3.05, 3.63) is 69.0 Å². The first-order valence-corrected chi connectivity index (χ1v) is 8.39. The molecule has 0 aliphatic rings. The summed E-state index contributed by atoms with van der Waals surface area (Å²) in [7, 11) is 0. The van der Waals surface area contributed by atoms with Crippen molar-refractivity contribution >= 4 is 6.09 Å². The fourth-order valence-electron chi connectivity index (χ4n) is 2.35. The summed E-state index contributed by atoms with van der Waals surface area (Å²) < 4.78 is 6.58. The highest BCUT2D eigenvalue weighted by Gasteiger charge is 2.18. The Labute approximate surface area is 151 Å². The van der Waals surface area contributed by atoms with Crippen LogP contribution in [0.1, 0.15) is 32.3 Å². The lowest BCUT2D eigenvalue weighted by atomic mass is 9.99. The van der Waals surface area contributed by atoms with E-state index in [9.17, 15) is 14.4 Å². The fourth-order valence-corrected chi connectivity index (χ4v) is 2.35. The molecule has 0 unspecified atom stereocenters. The smallest absolute Gasteiger partial charge is 0.421 e. The molecular weight excluding hydrogens is 336 g/mol. The molecule has 0 aliphatic carbocycles. The Bertz CT molecular complexity index is 827. The van der Waals surface area contributed by atoms with E-state index in [0.29, 0.717) is 19.4 Å². The number of hydrogen-bond donors (Lipinski definition) is 3. The van der Waals surface area contributed by atoms with Crippen LogP contribution >= 0.6 is 0 Å². The highest BCUT2D eigenvalue weighted by atomic mass is 16.6. The number of H-pyrrole nitrogens is 1. The van der Waals surface area contributed by atoms with E-state index < -0.39 is 22.9 Å². The van der Waals surface area contributed by atoms with E-state index in [1.54, 1.807) is 0 Å². The Morgan fingerprint density at radius 3 is 2.62 bits per heavy atom. The number of aromatic nitrogens is 2. The van der Waals surface area contributed by atoms with E-state index in [1.807, 2.05) is 44.2 Å². The van der Waals surface area contributed by atoms with Gasteiger partial charge < -0.3 is 9.30 Å². The standard InChI is InChI=1S/C18H24N4O4/c1-18(2,10-6-11-22-12-9-15(23)19-16(22)24)21-20-17(25)26-13-14-7-4-3-5-8-14/h3-5,7-9,12,21H,6,10-11,13H2,1-2H3,(H,20,25)(H,19,23,24). The van der Waals surface area contributed by atoms with Gasteiger partial charge >= 0.3 is 11.8 Å². The Morgan fingerprint density at radius 1 is 1.19 bits per heavy atom. The quantitative estimate of drug-likeness (QED) is 0.619. The molecule has 26 heavy (non-hydrogen) atoms. The molecule has 8 heteroatoms. The van der Waals surface area contributed by atoms with Crippen molar-refractivity contribution in [3.63, 3.8) is 0 Å². The molecule has 2 rings (SSSR count). The number of nitrogens with zero attached hydrogens (tertiary/aromatic N) is 1. The van der Waals surface area contributed by atoms with E-state index in [-0.39, 0.29) is 6.61 Å². The number of ether oxygens (including phenoxy) is 1. The van der Waals surface area contributed by atoms with Crippen molar-refractivity contribution in [2.45, 2.75) is 45.4 Å². The predicted molar refractivity (Wildman–Crippen MR) is 97.5 cm³/mol. The summed E-state index contributed by atoms with van der Waals surface area (Å²) in [5.74, 6) is 0. The topological polar surface area (TPSA) is 105 Å². The Balaban J connectivity index is 1.71. The molecule has 0 fully saturated rings.